The Bertz CT molecular complexity index is 1270. The van der Waals surface area contributed by atoms with Crippen molar-refractivity contribution in [1.82, 2.24) is 33.8 Å². The highest BCUT2D eigenvalue weighted by Crippen LogP contribution is 2.35. The van der Waals surface area contributed by atoms with Gasteiger partial charge >= 0.3 is 0 Å². The Hall–Kier alpha value is -3.04. The van der Waals surface area contributed by atoms with E-state index in [4.69, 9.17) is 9.97 Å². The number of anilines is 2. The van der Waals surface area contributed by atoms with Crippen LogP contribution in [0, 0.1) is 0 Å². The summed E-state index contributed by atoms with van der Waals surface area (Å²) in [5.74, 6) is 0.730. The molecule has 0 aromatic carbocycles. The van der Waals surface area contributed by atoms with E-state index in [1.165, 1.54) is 22.7 Å². The molecule has 0 amide bonds. The van der Waals surface area contributed by atoms with Gasteiger partial charge in [0.05, 0.1) is 23.8 Å². The van der Waals surface area contributed by atoms with Gasteiger partial charge in [0.2, 0.25) is 0 Å². The number of aromatic nitrogens is 6. The maximum absolute atomic E-state index is 4.99. The van der Waals surface area contributed by atoms with Crippen LogP contribution in [0.3, 0.4) is 0 Å². The van der Waals surface area contributed by atoms with Crippen molar-refractivity contribution in [1.29, 1.82) is 0 Å². The fourth-order valence-corrected chi connectivity index (χ4v) is 4.67. The van der Waals surface area contributed by atoms with Crippen LogP contribution in [-0.4, -0.2) is 41.6 Å². The largest absolute Gasteiger partial charge is 0.327 e. The van der Waals surface area contributed by atoms with Crippen LogP contribution >= 0.6 is 11.5 Å². The molecule has 4 aromatic heterocycles. The monoisotopic (exact) mass is 434 g/mol. The van der Waals surface area contributed by atoms with Gasteiger partial charge in [0.25, 0.3) is 0 Å². The van der Waals surface area contributed by atoms with E-state index >= 15 is 0 Å². The number of hydrogen-bond donors (Lipinski definition) is 2. The molecule has 31 heavy (non-hydrogen) atoms. The van der Waals surface area contributed by atoms with Crippen molar-refractivity contribution in [3.05, 3.63) is 48.3 Å². The average Bonchev–Trinajstić information content (AvgIpc) is 3.47. The maximum atomic E-state index is 4.99. The van der Waals surface area contributed by atoms with Crippen LogP contribution in [0.15, 0.2) is 37.1 Å². The van der Waals surface area contributed by atoms with E-state index in [-0.39, 0.29) is 5.41 Å². The third-order valence-electron chi connectivity index (χ3n) is 5.46. The molecule has 0 radical (unpaired) electrons. The summed E-state index contributed by atoms with van der Waals surface area (Å²) in [6.07, 6.45) is 13.0. The maximum Gasteiger partial charge on any atom is 0.181 e. The highest BCUT2D eigenvalue weighted by atomic mass is 32.1. The van der Waals surface area contributed by atoms with Gasteiger partial charge in [-0.1, -0.05) is 26.8 Å². The topological polar surface area (TPSA) is 85.0 Å². The Morgan fingerprint density at radius 3 is 2.74 bits per heavy atom. The molecule has 4 aromatic rings. The number of fused-ring (bicyclic) bond motifs is 1. The second kappa shape index (κ2) is 7.58. The van der Waals surface area contributed by atoms with Crippen molar-refractivity contribution in [3.8, 4) is 11.3 Å². The van der Waals surface area contributed by atoms with Crippen molar-refractivity contribution in [2.24, 2.45) is 7.05 Å². The Balaban J connectivity index is 1.67. The van der Waals surface area contributed by atoms with Gasteiger partial charge in [0.1, 0.15) is 5.00 Å². The second-order valence-electron chi connectivity index (χ2n) is 8.85. The molecule has 0 saturated carbocycles. The SMILES string of the molecule is Cn1cc(-c2cnc3c(Nc4sncc4C(C)(C)C)nc(C4=CCCNC4)cn23)cn1. The van der Waals surface area contributed by atoms with Gasteiger partial charge in [-0.15, -0.1) is 0 Å². The number of nitrogens with one attached hydrogen (secondary N) is 2. The summed E-state index contributed by atoms with van der Waals surface area (Å²) in [5.41, 5.74) is 6.06. The molecule has 160 valence electrons. The Kier molecular flexibility index (Phi) is 4.86. The molecule has 5 rings (SSSR count). The lowest BCUT2D eigenvalue weighted by atomic mass is 9.89. The zero-order chi connectivity index (χ0) is 21.6. The molecule has 9 heteroatoms. The fraction of sp³-hybridized carbons (Fsp3) is 0.364. The minimum Gasteiger partial charge on any atom is -0.327 e. The number of hydrogen-bond acceptors (Lipinski definition) is 7. The molecule has 0 spiro atoms. The van der Waals surface area contributed by atoms with Crippen LogP contribution in [0.4, 0.5) is 10.8 Å². The molecule has 2 N–H and O–H groups in total. The molecule has 0 fully saturated rings. The van der Waals surface area contributed by atoms with Crippen LogP contribution in [0.2, 0.25) is 0 Å². The summed E-state index contributed by atoms with van der Waals surface area (Å²) in [4.78, 5) is 9.70. The Labute approximate surface area is 185 Å². The van der Waals surface area contributed by atoms with Gasteiger partial charge < -0.3 is 10.6 Å². The van der Waals surface area contributed by atoms with E-state index in [2.05, 4.69) is 57.6 Å². The van der Waals surface area contributed by atoms with E-state index in [0.29, 0.717) is 0 Å². The molecule has 1 aliphatic rings. The number of nitrogens with zero attached hydrogens (tertiary/aromatic N) is 6. The smallest absolute Gasteiger partial charge is 0.181 e. The van der Waals surface area contributed by atoms with Gasteiger partial charge in [-0.2, -0.15) is 9.47 Å². The van der Waals surface area contributed by atoms with E-state index < -0.39 is 0 Å². The lowest BCUT2D eigenvalue weighted by molar-refractivity contribution is 0.593. The van der Waals surface area contributed by atoms with Gasteiger partial charge in [-0.05, 0) is 35.5 Å². The van der Waals surface area contributed by atoms with Crippen LogP contribution in [0.1, 0.15) is 38.4 Å². The summed E-state index contributed by atoms with van der Waals surface area (Å²) in [6, 6.07) is 0. The summed E-state index contributed by atoms with van der Waals surface area (Å²) < 4.78 is 8.33. The first-order chi connectivity index (χ1) is 14.9. The quantitative estimate of drug-likeness (QED) is 0.505. The highest BCUT2D eigenvalue weighted by Gasteiger charge is 2.22. The van der Waals surface area contributed by atoms with Gasteiger partial charge in [-0.25, -0.2) is 9.97 Å². The Morgan fingerprint density at radius 1 is 1.16 bits per heavy atom. The minimum atomic E-state index is -0.0185. The molecule has 5 heterocycles. The first-order valence-corrected chi connectivity index (χ1v) is 11.2. The summed E-state index contributed by atoms with van der Waals surface area (Å²) in [7, 11) is 1.92. The molecule has 8 nitrogen and oxygen atoms in total. The van der Waals surface area contributed by atoms with Gasteiger partial charge in [0, 0.05) is 43.3 Å². The molecular formula is C22H26N8S. The highest BCUT2D eigenvalue weighted by molar-refractivity contribution is 7.10. The van der Waals surface area contributed by atoms with Crippen molar-refractivity contribution in [2.45, 2.75) is 32.6 Å². The van der Waals surface area contributed by atoms with E-state index in [0.717, 1.165) is 52.9 Å². The second-order valence-corrected chi connectivity index (χ2v) is 9.65. The normalized spacial score (nSPS) is 14.8. The molecule has 0 aliphatic carbocycles. The molecule has 1 aliphatic heterocycles. The summed E-state index contributed by atoms with van der Waals surface area (Å²) >= 11 is 1.45. The minimum absolute atomic E-state index is 0.0185. The zero-order valence-corrected chi connectivity index (χ0v) is 19.0. The molecule has 0 bridgehead atoms. The van der Waals surface area contributed by atoms with E-state index in [1.807, 2.05) is 31.8 Å². The van der Waals surface area contributed by atoms with E-state index in [9.17, 15) is 0 Å². The van der Waals surface area contributed by atoms with Crippen molar-refractivity contribution in [3.63, 3.8) is 0 Å². The fourth-order valence-electron chi connectivity index (χ4n) is 3.80. The molecule has 0 atom stereocenters. The lowest BCUT2D eigenvalue weighted by Crippen LogP contribution is -2.22. The van der Waals surface area contributed by atoms with Gasteiger partial charge in [0.15, 0.2) is 11.5 Å². The third kappa shape index (κ3) is 3.75. The predicted octanol–water partition coefficient (Wildman–Crippen LogP) is 4.00. The van der Waals surface area contributed by atoms with Crippen molar-refractivity contribution >= 4 is 33.6 Å². The zero-order valence-electron chi connectivity index (χ0n) is 18.2. The summed E-state index contributed by atoms with van der Waals surface area (Å²) in [5, 5.41) is 12.3. The number of rotatable bonds is 4. The molecule has 0 unspecified atom stereocenters. The molecular weight excluding hydrogens is 408 g/mol. The number of aryl methyl sites for hydroxylation is 1. The third-order valence-corrected chi connectivity index (χ3v) is 6.17. The van der Waals surface area contributed by atoms with Crippen molar-refractivity contribution in [2.75, 3.05) is 18.4 Å². The van der Waals surface area contributed by atoms with Crippen molar-refractivity contribution < 1.29 is 0 Å². The summed E-state index contributed by atoms with van der Waals surface area (Å²) in [6.45, 7) is 8.38. The van der Waals surface area contributed by atoms with Gasteiger partial charge in [-0.3, -0.25) is 9.08 Å². The standard InChI is InChI=1S/C22H26N8S/c1-22(2,3)16-10-26-31-21(16)28-19-20-24-11-18(15-9-25-29(4)12-15)30(20)13-17(27-19)14-6-5-7-23-8-14/h6,9-13,23H,5,7-8H2,1-4H3,(H,27,28). The first kappa shape index (κ1) is 19.9. The van der Waals surface area contributed by atoms with Crippen LogP contribution in [0.5, 0.6) is 0 Å². The van der Waals surface area contributed by atoms with Crippen LogP contribution in [-0.2, 0) is 12.5 Å². The lowest BCUT2D eigenvalue weighted by Gasteiger charge is -2.19. The average molecular weight is 435 g/mol. The van der Waals surface area contributed by atoms with Crippen LogP contribution < -0.4 is 10.6 Å². The predicted molar refractivity (Wildman–Crippen MR) is 125 cm³/mol. The van der Waals surface area contributed by atoms with E-state index in [1.54, 1.807) is 4.68 Å². The number of imidazole rings is 1. The Morgan fingerprint density at radius 2 is 2.03 bits per heavy atom. The first-order valence-electron chi connectivity index (χ1n) is 10.4. The van der Waals surface area contributed by atoms with Crippen LogP contribution in [0.25, 0.3) is 22.5 Å². The molecule has 0 saturated heterocycles.